The summed E-state index contributed by atoms with van der Waals surface area (Å²) in [5.74, 6) is -1.19. The number of halogens is 3. The molecule has 0 heterocycles. The van der Waals surface area contributed by atoms with E-state index in [0.717, 1.165) is 17.2 Å². The Labute approximate surface area is 156 Å². The van der Waals surface area contributed by atoms with Gasteiger partial charge in [0.2, 0.25) is 0 Å². The van der Waals surface area contributed by atoms with Crippen molar-refractivity contribution in [2.75, 3.05) is 5.73 Å². The number of nitrogens with one attached hydrogen (secondary N) is 1. The summed E-state index contributed by atoms with van der Waals surface area (Å²) >= 11 is 6.00. The van der Waals surface area contributed by atoms with Gasteiger partial charge in [-0.1, -0.05) is 35.9 Å². The Kier molecular flexibility index (Phi) is 5.55. The van der Waals surface area contributed by atoms with E-state index in [1.54, 1.807) is 0 Å². The molecule has 0 aliphatic carbocycles. The molecule has 0 amide bonds. The van der Waals surface area contributed by atoms with E-state index >= 15 is 0 Å². The third-order valence-corrected chi connectivity index (χ3v) is 4.50. The lowest BCUT2D eigenvalue weighted by molar-refractivity contribution is 0.506. The van der Waals surface area contributed by atoms with Crippen LogP contribution >= 0.6 is 11.6 Å². The van der Waals surface area contributed by atoms with Crippen molar-refractivity contribution in [3.05, 3.63) is 100 Å². The second-order valence-corrected chi connectivity index (χ2v) is 6.68. The van der Waals surface area contributed by atoms with E-state index in [1.807, 2.05) is 55.5 Å². The quantitative estimate of drug-likeness (QED) is 0.569. The number of hydrogen-bond donors (Lipinski definition) is 2. The minimum Gasteiger partial charge on any atom is -0.399 e. The highest BCUT2D eigenvalue weighted by Gasteiger charge is 2.19. The molecule has 3 aromatic carbocycles. The molecule has 2 unspecified atom stereocenters. The zero-order valence-corrected chi connectivity index (χ0v) is 15.0. The summed E-state index contributed by atoms with van der Waals surface area (Å²) in [5.41, 5.74) is 9.04. The van der Waals surface area contributed by atoms with Gasteiger partial charge < -0.3 is 5.73 Å². The summed E-state index contributed by atoms with van der Waals surface area (Å²) in [7, 11) is 0. The standard InChI is InChI=1S/C21H19ClF2N2/c1-13(16-9-18(23)12-19(24)10-16)26-21(14-5-7-17(22)8-6-14)15-3-2-4-20(25)11-15/h2-13,21,26H,25H2,1H3. The minimum atomic E-state index is -0.597. The van der Waals surface area contributed by atoms with Crippen LogP contribution in [0, 0.1) is 11.6 Å². The van der Waals surface area contributed by atoms with E-state index in [0.29, 0.717) is 16.3 Å². The predicted molar refractivity (Wildman–Crippen MR) is 102 cm³/mol. The van der Waals surface area contributed by atoms with E-state index in [2.05, 4.69) is 5.32 Å². The van der Waals surface area contributed by atoms with Gasteiger partial charge in [0.05, 0.1) is 6.04 Å². The number of nitrogen functional groups attached to an aromatic ring is 1. The summed E-state index contributed by atoms with van der Waals surface area (Å²) in [5, 5.41) is 4.07. The molecule has 0 aliphatic rings. The van der Waals surface area contributed by atoms with Crippen LogP contribution in [0.5, 0.6) is 0 Å². The van der Waals surface area contributed by atoms with Gasteiger partial charge in [-0.15, -0.1) is 0 Å². The van der Waals surface area contributed by atoms with Crippen LogP contribution in [0.25, 0.3) is 0 Å². The van der Waals surface area contributed by atoms with Gasteiger partial charge in [0.1, 0.15) is 11.6 Å². The van der Waals surface area contributed by atoms with Crippen molar-refractivity contribution in [2.45, 2.75) is 19.0 Å². The van der Waals surface area contributed by atoms with Gasteiger partial charge >= 0.3 is 0 Å². The molecule has 0 radical (unpaired) electrons. The third kappa shape index (κ3) is 4.40. The number of nitrogens with two attached hydrogens (primary N) is 1. The molecule has 3 aromatic rings. The third-order valence-electron chi connectivity index (χ3n) is 4.25. The molecular weight excluding hydrogens is 354 g/mol. The molecule has 0 fully saturated rings. The van der Waals surface area contributed by atoms with E-state index in [1.165, 1.54) is 12.1 Å². The second kappa shape index (κ2) is 7.85. The van der Waals surface area contributed by atoms with Gasteiger partial charge in [-0.3, -0.25) is 5.32 Å². The van der Waals surface area contributed by atoms with Crippen LogP contribution in [0.1, 0.15) is 35.7 Å². The lowest BCUT2D eigenvalue weighted by Gasteiger charge is -2.25. The van der Waals surface area contributed by atoms with Crippen molar-refractivity contribution >= 4 is 17.3 Å². The molecule has 0 spiro atoms. The fourth-order valence-corrected chi connectivity index (χ4v) is 3.08. The molecule has 0 saturated heterocycles. The molecule has 0 aliphatic heterocycles. The zero-order chi connectivity index (χ0) is 18.7. The summed E-state index contributed by atoms with van der Waals surface area (Å²) in [6.07, 6.45) is 0. The Hall–Kier alpha value is -2.43. The molecule has 134 valence electrons. The van der Waals surface area contributed by atoms with Crippen LogP contribution in [0.15, 0.2) is 66.7 Å². The van der Waals surface area contributed by atoms with E-state index < -0.39 is 11.6 Å². The predicted octanol–water partition coefficient (Wildman–Crippen LogP) is 5.64. The monoisotopic (exact) mass is 372 g/mol. The molecule has 3 rings (SSSR count). The molecule has 5 heteroatoms. The molecule has 0 saturated carbocycles. The highest BCUT2D eigenvalue weighted by Crippen LogP contribution is 2.28. The molecule has 2 nitrogen and oxygen atoms in total. The van der Waals surface area contributed by atoms with Crippen molar-refractivity contribution in [1.29, 1.82) is 0 Å². The maximum Gasteiger partial charge on any atom is 0.126 e. The fourth-order valence-electron chi connectivity index (χ4n) is 2.95. The molecular formula is C21H19ClF2N2. The van der Waals surface area contributed by atoms with Crippen LogP contribution in [-0.4, -0.2) is 0 Å². The van der Waals surface area contributed by atoms with E-state index in [4.69, 9.17) is 17.3 Å². The first-order chi connectivity index (χ1) is 12.4. The smallest absolute Gasteiger partial charge is 0.126 e. The first-order valence-corrected chi connectivity index (χ1v) is 8.63. The van der Waals surface area contributed by atoms with Crippen LogP contribution in [-0.2, 0) is 0 Å². The van der Waals surface area contributed by atoms with Crippen molar-refractivity contribution in [3.63, 3.8) is 0 Å². The Morgan fingerprint density at radius 1 is 0.846 bits per heavy atom. The molecule has 3 N–H and O–H groups in total. The first kappa shape index (κ1) is 18.4. The first-order valence-electron chi connectivity index (χ1n) is 8.25. The maximum absolute atomic E-state index is 13.6. The van der Waals surface area contributed by atoms with Crippen molar-refractivity contribution in [3.8, 4) is 0 Å². The Morgan fingerprint density at radius 2 is 1.50 bits per heavy atom. The Morgan fingerprint density at radius 3 is 2.12 bits per heavy atom. The van der Waals surface area contributed by atoms with Crippen molar-refractivity contribution in [1.82, 2.24) is 5.32 Å². The average molecular weight is 373 g/mol. The lowest BCUT2D eigenvalue weighted by Crippen LogP contribution is -2.26. The second-order valence-electron chi connectivity index (χ2n) is 6.25. The fraction of sp³-hybridized carbons (Fsp3) is 0.143. The number of hydrogen-bond acceptors (Lipinski definition) is 2. The summed E-state index contributed by atoms with van der Waals surface area (Å²) in [4.78, 5) is 0. The largest absolute Gasteiger partial charge is 0.399 e. The van der Waals surface area contributed by atoms with Crippen LogP contribution in [0.3, 0.4) is 0 Å². The van der Waals surface area contributed by atoms with Crippen LogP contribution < -0.4 is 11.1 Å². The van der Waals surface area contributed by atoms with Crippen LogP contribution in [0.4, 0.5) is 14.5 Å². The molecule has 0 bridgehead atoms. The van der Waals surface area contributed by atoms with Gasteiger partial charge in [0.15, 0.2) is 0 Å². The number of rotatable bonds is 5. The van der Waals surface area contributed by atoms with Crippen LogP contribution in [0.2, 0.25) is 5.02 Å². The normalized spacial score (nSPS) is 13.4. The average Bonchev–Trinajstić information content (AvgIpc) is 2.59. The number of benzene rings is 3. The SMILES string of the molecule is CC(NC(c1ccc(Cl)cc1)c1cccc(N)c1)c1cc(F)cc(F)c1. The number of anilines is 1. The summed E-state index contributed by atoms with van der Waals surface area (Å²) in [6.45, 7) is 1.86. The zero-order valence-electron chi connectivity index (χ0n) is 14.2. The highest BCUT2D eigenvalue weighted by molar-refractivity contribution is 6.30. The van der Waals surface area contributed by atoms with Crippen molar-refractivity contribution < 1.29 is 8.78 Å². The molecule has 26 heavy (non-hydrogen) atoms. The molecule has 0 aromatic heterocycles. The molecule has 2 atom stereocenters. The van der Waals surface area contributed by atoms with Gasteiger partial charge in [0, 0.05) is 22.8 Å². The van der Waals surface area contributed by atoms with Gasteiger partial charge in [-0.2, -0.15) is 0 Å². The van der Waals surface area contributed by atoms with Gasteiger partial charge in [-0.25, -0.2) is 8.78 Å². The van der Waals surface area contributed by atoms with E-state index in [-0.39, 0.29) is 12.1 Å². The highest BCUT2D eigenvalue weighted by atomic mass is 35.5. The van der Waals surface area contributed by atoms with Gasteiger partial charge in [0.25, 0.3) is 0 Å². The lowest BCUT2D eigenvalue weighted by atomic mass is 9.96. The van der Waals surface area contributed by atoms with Gasteiger partial charge in [-0.05, 0) is 60.0 Å². The van der Waals surface area contributed by atoms with E-state index in [9.17, 15) is 8.78 Å². The Bertz CT molecular complexity index is 877. The Balaban J connectivity index is 1.96. The minimum absolute atomic E-state index is 0.211. The summed E-state index contributed by atoms with van der Waals surface area (Å²) < 4.78 is 27.1. The topological polar surface area (TPSA) is 38.0 Å². The summed E-state index contributed by atoms with van der Waals surface area (Å²) in [6, 6.07) is 18.0. The van der Waals surface area contributed by atoms with Crippen molar-refractivity contribution in [2.24, 2.45) is 0 Å². The maximum atomic E-state index is 13.6.